The fourth-order valence-electron chi connectivity index (χ4n) is 1.60. The molecule has 0 aliphatic rings. The number of hydrogen-bond acceptors (Lipinski definition) is 4. The maximum Gasteiger partial charge on any atom is 0.352 e. The van der Waals surface area contributed by atoms with E-state index < -0.39 is 26.8 Å². The van der Waals surface area contributed by atoms with E-state index in [1.165, 1.54) is 17.0 Å². The van der Waals surface area contributed by atoms with E-state index >= 15 is 0 Å². The predicted molar refractivity (Wildman–Crippen MR) is 75.9 cm³/mol. The number of rotatable bonds is 7. The van der Waals surface area contributed by atoms with Crippen LogP contribution >= 0.6 is 0 Å². The summed E-state index contributed by atoms with van der Waals surface area (Å²) in [6.45, 7) is 3.56. The van der Waals surface area contributed by atoms with E-state index in [1.54, 1.807) is 13.8 Å². The first-order valence-electron chi connectivity index (χ1n) is 5.90. The highest BCUT2D eigenvalue weighted by Gasteiger charge is 2.22. The van der Waals surface area contributed by atoms with E-state index in [4.69, 9.17) is 5.11 Å². The average molecular weight is 322 g/mol. The highest BCUT2D eigenvalue weighted by atomic mass is 32.2. The molecule has 0 aliphatic heterocycles. The quantitative estimate of drug-likeness (QED) is 0.757. The SMILES string of the molecule is CC(C)n1cc(S(=O)(=O)NCCS(C)=O)cc1C(=O)O. The molecule has 0 bridgehead atoms. The van der Waals surface area contributed by atoms with Crippen LogP contribution in [0, 0.1) is 0 Å². The van der Waals surface area contributed by atoms with Gasteiger partial charge in [-0.25, -0.2) is 17.9 Å². The van der Waals surface area contributed by atoms with Crippen molar-refractivity contribution in [3.05, 3.63) is 18.0 Å². The van der Waals surface area contributed by atoms with Gasteiger partial charge in [0.1, 0.15) is 10.6 Å². The summed E-state index contributed by atoms with van der Waals surface area (Å²) in [5.41, 5.74) is -0.0838. The van der Waals surface area contributed by atoms with Gasteiger partial charge in [-0.15, -0.1) is 0 Å². The van der Waals surface area contributed by atoms with Gasteiger partial charge in [0.2, 0.25) is 10.0 Å². The molecule has 0 spiro atoms. The largest absolute Gasteiger partial charge is 0.477 e. The number of aromatic nitrogens is 1. The van der Waals surface area contributed by atoms with Crippen molar-refractivity contribution in [3.8, 4) is 0 Å². The second-order valence-electron chi connectivity index (χ2n) is 4.54. The third kappa shape index (κ3) is 4.15. The van der Waals surface area contributed by atoms with Crippen LogP contribution in [0.25, 0.3) is 0 Å². The van der Waals surface area contributed by atoms with E-state index in [2.05, 4.69) is 4.72 Å². The molecule has 0 amide bonds. The fourth-order valence-corrected chi connectivity index (χ4v) is 3.18. The van der Waals surface area contributed by atoms with Gasteiger partial charge in [0.25, 0.3) is 0 Å². The van der Waals surface area contributed by atoms with Gasteiger partial charge in [-0.05, 0) is 19.9 Å². The van der Waals surface area contributed by atoms with Crippen LogP contribution in [0.4, 0.5) is 0 Å². The molecular formula is C11H18N2O5S2. The normalized spacial score (nSPS) is 13.6. The monoisotopic (exact) mass is 322 g/mol. The van der Waals surface area contributed by atoms with Gasteiger partial charge in [0.05, 0.1) is 0 Å². The lowest BCUT2D eigenvalue weighted by Crippen LogP contribution is -2.27. The Morgan fingerprint density at radius 2 is 2.10 bits per heavy atom. The number of hydrogen-bond donors (Lipinski definition) is 2. The highest BCUT2D eigenvalue weighted by Crippen LogP contribution is 2.18. The van der Waals surface area contributed by atoms with Crippen LogP contribution in [0.5, 0.6) is 0 Å². The Labute approximate surface area is 120 Å². The number of nitrogens with zero attached hydrogens (tertiary/aromatic N) is 1. The second-order valence-corrected chi connectivity index (χ2v) is 7.86. The van der Waals surface area contributed by atoms with E-state index in [-0.39, 0.29) is 28.9 Å². The molecule has 1 rings (SSSR count). The van der Waals surface area contributed by atoms with Crippen molar-refractivity contribution < 1.29 is 22.5 Å². The minimum atomic E-state index is -3.79. The summed E-state index contributed by atoms with van der Waals surface area (Å²) in [5.74, 6) is -0.981. The molecular weight excluding hydrogens is 304 g/mol. The lowest BCUT2D eigenvalue weighted by atomic mass is 10.3. The summed E-state index contributed by atoms with van der Waals surface area (Å²) in [5, 5.41) is 9.07. The molecule has 1 heterocycles. The Kier molecular flexibility index (Phi) is 5.49. The molecule has 1 aromatic rings. The van der Waals surface area contributed by atoms with E-state index in [0.29, 0.717) is 0 Å². The van der Waals surface area contributed by atoms with Gasteiger partial charge >= 0.3 is 5.97 Å². The zero-order valence-electron chi connectivity index (χ0n) is 11.5. The Balaban J connectivity index is 3.04. The molecule has 2 N–H and O–H groups in total. The van der Waals surface area contributed by atoms with Crippen LogP contribution in [-0.2, 0) is 20.8 Å². The molecule has 114 valence electrons. The fraction of sp³-hybridized carbons (Fsp3) is 0.545. The summed E-state index contributed by atoms with van der Waals surface area (Å²) in [4.78, 5) is 11.0. The highest BCUT2D eigenvalue weighted by molar-refractivity contribution is 7.89. The van der Waals surface area contributed by atoms with Crippen molar-refractivity contribution >= 4 is 26.8 Å². The van der Waals surface area contributed by atoms with Gasteiger partial charge in [-0.2, -0.15) is 0 Å². The molecule has 7 nitrogen and oxygen atoms in total. The molecule has 1 atom stereocenters. The molecule has 1 unspecified atom stereocenters. The lowest BCUT2D eigenvalue weighted by molar-refractivity contribution is 0.0683. The molecule has 0 aliphatic carbocycles. The maximum atomic E-state index is 12.0. The summed E-state index contributed by atoms with van der Waals surface area (Å²) >= 11 is 0. The van der Waals surface area contributed by atoms with E-state index in [9.17, 15) is 17.4 Å². The van der Waals surface area contributed by atoms with E-state index in [1.807, 2.05) is 0 Å². The molecule has 0 fully saturated rings. The molecule has 9 heteroatoms. The van der Waals surface area contributed by atoms with Crippen LogP contribution in [0.3, 0.4) is 0 Å². The molecule has 0 radical (unpaired) electrons. The summed E-state index contributed by atoms with van der Waals surface area (Å²) in [6.07, 6.45) is 2.77. The molecule has 20 heavy (non-hydrogen) atoms. The average Bonchev–Trinajstić information content (AvgIpc) is 2.73. The Morgan fingerprint density at radius 1 is 1.50 bits per heavy atom. The van der Waals surface area contributed by atoms with Gasteiger partial charge in [-0.1, -0.05) is 0 Å². The predicted octanol–water partition coefficient (Wildman–Crippen LogP) is 0.424. The van der Waals surface area contributed by atoms with Gasteiger partial charge < -0.3 is 9.67 Å². The van der Waals surface area contributed by atoms with Crippen molar-refractivity contribution in [1.82, 2.24) is 9.29 Å². The zero-order chi connectivity index (χ0) is 15.5. The number of sulfonamides is 1. The van der Waals surface area contributed by atoms with Gasteiger partial charge in [0.15, 0.2) is 0 Å². The van der Waals surface area contributed by atoms with Crippen molar-refractivity contribution in [2.24, 2.45) is 0 Å². The smallest absolute Gasteiger partial charge is 0.352 e. The first kappa shape index (κ1) is 16.9. The first-order chi connectivity index (χ1) is 9.15. The van der Waals surface area contributed by atoms with Gasteiger partial charge in [-0.3, -0.25) is 4.21 Å². The Hall–Kier alpha value is -1.19. The third-order valence-corrected chi connectivity index (χ3v) is 4.80. The lowest BCUT2D eigenvalue weighted by Gasteiger charge is -2.09. The number of nitrogens with one attached hydrogen (secondary N) is 1. The van der Waals surface area contributed by atoms with Gasteiger partial charge in [0, 0.05) is 41.6 Å². The van der Waals surface area contributed by atoms with Crippen LogP contribution in [-0.4, -0.2) is 46.8 Å². The van der Waals surface area contributed by atoms with E-state index in [0.717, 1.165) is 6.07 Å². The zero-order valence-corrected chi connectivity index (χ0v) is 13.1. The standard InChI is InChI=1S/C11H18N2O5S2/c1-8(2)13-7-9(6-10(13)11(14)15)20(17,18)12-4-5-19(3)16/h6-8,12H,4-5H2,1-3H3,(H,14,15). The summed E-state index contributed by atoms with van der Waals surface area (Å²) < 4.78 is 38.6. The summed E-state index contributed by atoms with van der Waals surface area (Å²) in [6, 6.07) is 0.946. The minimum Gasteiger partial charge on any atom is -0.477 e. The Bertz CT molecular complexity index is 619. The third-order valence-electron chi connectivity index (χ3n) is 2.59. The topological polar surface area (TPSA) is 105 Å². The molecule has 1 aromatic heterocycles. The summed E-state index contributed by atoms with van der Waals surface area (Å²) in [7, 11) is -4.89. The van der Waals surface area contributed by atoms with Crippen LogP contribution in [0.15, 0.2) is 17.2 Å². The number of aromatic carboxylic acids is 1. The molecule has 0 saturated heterocycles. The molecule has 0 aromatic carbocycles. The van der Waals surface area contributed by atoms with Crippen molar-refractivity contribution in [3.63, 3.8) is 0 Å². The maximum absolute atomic E-state index is 12.0. The Morgan fingerprint density at radius 3 is 2.50 bits per heavy atom. The number of carboxylic acids is 1. The van der Waals surface area contributed by atoms with Crippen LogP contribution < -0.4 is 4.72 Å². The molecule has 0 saturated carbocycles. The minimum absolute atomic E-state index is 0.0424. The van der Waals surface area contributed by atoms with Crippen molar-refractivity contribution in [2.45, 2.75) is 24.8 Å². The van der Waals surface area contributed by atoms with Crippen molar-refractivity contribution in [1.29, 1.82) is 0 Å². The van der Waals surface area contributed by atoms with Crippen LogP contribution in [0.1, 0.15) is 30.4 Å². The first-order valence-corrected chi connectivity index (χ1v) is 9.11. The van der Waals surface area contributed by atoms with Crippen LogP contribution in [0.2, 0.25) is 0 Å². The number of carbonyl (C=O) groups is 1. The number of carboxylic acid groups (broad SMARTS) is 1. The second kappa shape index (κ2) is 6.51. The van der Waals surface area contributed by atoms with Crippen molar-refractivity contribution in [2.75, 3.05) is 18.6 Å².